The molecular weight excluding hydrogens is 419 g/mol. The van der Waals surface area contributed by atoms with Gasteiger partial charge in [0.2, 0.25) is 0 Å². The summed E-state index contributed by atoms with van der Waals surface area (Å²) >= 11 is 0. The van der Waals surface area contributed by atoms with Gasteiger partial charge in [0.05, 0.1) is 0 Å². The molecule has 0 nitrogen and oxygen atoms in total. The molecule has 1 heteroatoms. The Morgan fingerprint density at radius 2 is 1.71 bits per heavy atom. The number of aryl methyl sites for hydroxylation is 1. The Balaban J connectivity index is 0.00000132. The summed E-state index contributed by atoms with van der Waals surface area (Å²) in [7, 11) is 0. The zero-order chi connectivity index (χ0) is 13.4. The molecule has 0 saturated heterocycles. The minimum atomic E-state index is 0. The van der Waals surface area contributed by atoms with Crippen LogP contribution in [0.15, 0.2) is 48.5 Å². The van der Waals surface area contributed by atoms with Gasteiger partial charge in [0, 0.05) is 31.8 Å². The molecule has 0 fully saturated rings. The van der Waals surface area contributed by atoms with E-state index in [4.69, 9.17) is 0 Å². The van der Waals surface area contributed by atoms with Crippen LogP contribution in [-0.2, 0) is 45.1 Å². The van der Waals surface area contributed by atoms with Gasteiger partial charge in [-0.15, -0.1) is 0 Å². The zero-order valence-corrected chi connectivity index (χ0v) is 15.9. The van der Waals surface area contributed by atoms with Crippen molar-refractivity contribution in [1.29, 1.82) is 0 Å². The second-order valence-corrected chi connectivity index (χ2v) is 6.07. The van der Waals surface area contributed by atoms with Crippen molar-refractivity contribution < 1.29 is 25.8 Å². The van der Waals surface area contributed by atoms with Crippen LogP contribution in [0.1, 0.15) is 46.6 Å². The van der Waals surface area contributed by atoms with Crippen LogP contribution >= 0.6 is 0 Å². The first kappa shape index (κ1) is 15.0. The van der Waals surface area contributed by atoms with Crippen molar-refractivity contribution in [3.63, 3.8) is 0 Å². The molecule has 0 radical (unpaired) electrons. The van der Waals surface area contributed by atoms with E-state index >= 15 is 0 Å². The molecule has 2 aliphatic carbocycles. The number of rotatable bonds is 2. The van der Waals surface area contributed by atoms with Gasteiger partial charge in [-0.25, -0.2) is 0 Å². The molecule has 0 heterocycles. The smallest absolute Gasteiger partial charge is 0.00704 e. The van der Waals surface area contributed by atoms with Gasteiger partial charge < -0.3 is 0 Å². The molecular formula is C20H20Hf. The summed E-state index contributed by atoms with van der Waals surface area (Å²) in [5.74, 6) is 0.584. The predicted molar refractivity (Wildman–Crippen MR) is 85.0 cm³/mol. The van der Waals surface area contributed by atoms with Crippen LogP contribution in [0.25, 0.3) is 6.08 Å². The van der Waals surface area contributed by atoms with Gasteiger partial charge in [0.25, 0.3) is 0 Å². The van der Waals surface area contributed by atoms with Crippen molar-refractivity contribution >= 4 is 6.08 Å². The van der Waals surface area contributed by atoms with Gasteiger partial charge in [-0.1, -0.05) is 54.6 Å². The Labute approximate surface area is 146 Å². The molecule has 0 amide bonds. The maximum Gasteiger partial charge on any atom is 0.00704 e. The second kappa shape index (κ2) is 6.44. The summed E-state index contributed by atoms with van der Waals surface area (Å²) in [6, 6.07) is 15.6. The van der Waals surface area contributed by atoms with Crippen molar-refractivity contribution in [3.8, 4) is 0 Å². The van der Waals surface area contributed by atoms with Gasteiger partial charge >= 0.3 is 0 Å². The van der Waals surface area contributed by atoms with Gasteiger partial charge in [-0.05, 0) is 59.9 Å². The Kier molecular flexibility index (Phi) is 4.59. The quantitative estimate of drug-likeness (QED) is 0.584. The molecule has 0 spiro atoms. The predicted octanol–water partition coefficient (Wildman–Crippen LogP) is 4.92. The van der Waals surface area contributed by atoms with E-state index < -0.39 is 0 Å². The largest absolute Gasteiger partial charge is 0.0760 e. The Hall–Kier alpha value is -0.950. The average Bonchev–Trinajstić information content (AvgIpc) is 2.92. The molecule has 0 aromatic heterocycles. The SMILES string of the molecule is C1=CC(Cc2ccccc2)c2c1ccc1c2CCCC1.[Hf]. The first-order valence-corrected chi connectivity index (χ1v) is 7.78. The van der Waals surface area contributed by atoms with Crippen molar-refractivity contribution in [2.45, 2.75) is 38.0 Å². The van der Waals surface area contributed by atoms with E-state index in [1.807, 2.05) is 0 Å². The summed E-state index contributed by atoms with van der Waals surface area (Å²) < 4.78 is 0. The summed E-state index contributed by atoms with van der Waals surface area (Å²) in [5.41, 5.74) is 7.82. The number of hydrogen-bond donors (Lipinski definition) is 0. The van der Waals surface area contributed by atoms with Crippen molar-refractivity contribution in [1.82, 2.24) is 0 Å². The Morgan fingerprint density at radius 3 is 2.57 bits per heavy atom. The third-order valence-electron chi connectivity index (χ3n) is 4.79. The summed E-state index contributed by atoms with van der Waals surface area (Å²) in [6.45, 7) is 0. The molecule has 21 heavy (non-hydrogen) atoms. The van der Waals surface area contributed by atoms with Crippen molar-refractivity contribution in [2.24, 2.45) is 0 Å². The van der Waals surface area contributed by atoms with Crippen LogP contribution in [0.4, 0.5) is 0 Å². The molecule has 2 aliphatic rings. The van der Waals surface area contributed by atoms with E-state index in [1.165, 1.54) is 36.8 Å². The molecule has 0 N–H and O–H groups in total. The van der Waals surface area contributed by atoms with Crippen molar-refractivity contribution in [2.75, 3.05) is 0 Å². The fraction of sp³-hybridized carbons (Fsp3) is 0.300. The monoisotopic (exact) mass is 440 g/mol. The minimum Gasteiger partial charge on any atom is -0.0760 e. The molecule has 2 aromatic carbocycles. The molecule has 4 rings (SSSR count). The third kappa shape index (κ3) is 2.85. The molecule has 0 aliphatic heterocycles. The second-order valence-electron chi connectivity index (χ2n) is 6.07. The van der Waals surface area contributed by atoms with E-state index in [0.717, 1.165) is 6.42 Å². The van der Waals surface area contributed by atoms with Crippen LogP contribution in [-0.4, -0.2) is 0 Å². The van der Waals surface area contributed by atoms with E-state index in [9.17, 15) is 0 Å². The van der Waals surface area contributed by atoms with Crippen LogP contribution in [0.2, 0.25) is 0 Å². The summed E-state index contributed by atoms with van der Waals surface area (Å²) in [6.07, 6.45) is 11.2. The number of allylic oxidation sites excluding steroid dienone is 1. The molecule has 1 unspecified atom stereocenters. The molecule has 1 atom stereocenters. The van der Waals surface area contributed by atoms with Crippen LogP contribution in [0.5, 0.6) is 0 Å². The van der Waals surface area contributed by atoms with Crippen LogP contribution < -0.4 is 0 Å². The van der Waals surface area contributed by atoms with Gasteiger partial charge in [-0.3, -0.25) is 0 Å². The Bertz CT molecular complexity index is 655. The van der Waals surface area contributed by atoms with E-state index in [0.29, 0.717) is 5.92 Å². The van der Waals surface area contributed by atoms with E-state index in [-0.39, 0.29) is 25.8 Å². The number of fused-ring (bicyclic) bond motifs is 3. The first-order chi connectivity index (χ1) is 9.92. The minimum absolute atomic E-state index is 0. The fourth-order valence-corrected chi connectivity index (χ4v) is 3.81. The topological polar surface area (TPSA) is 0 Å². The van der Waals surface area contributed by atoms with Crippen molar-refractivity contribution in [3.05, 3.63) is 76.4 Å². The van der Waals surface area contributed by atoms with Crippen LogP contribution in [0, 0.1) is 0 Å². The standard InChI is InChI=1S/C20H20.Hf/c1-2-6-15(7-3-1)14-18-13-12-17-11-10-16-8-4-5-9-19(16)20(17)18;/h1-3,6-7,10-13,18H,4-5,8-9,14H2;. The summed E-state index contributed by atoms with van der Waals surface area (Å²) in [5, 5.41) is 0. The number of hydrogen-bond acceptors (Lipinski definition) is 0. The van der Waals surface area contributed by atoms with Crippen LogP contribution in [0.3, 0.4) is 0 Å². The maximum atomic E-state index is 2.41. The molecule has 104 valence electrons. The van der Waals surface area contributed by atoms with E-state index in [2.05, 4.69) is 54.6 Å². The summed E-state index contributed by atoms with van der Waals surface area (Å²) in [4.78, 5) is 0. The zero-order valence-electron chi connectivity index (χ0n) is 12.3. The molecule has 0 saturated carbocycles. The van der Waals surface area contributed by atoms with E-state index in [1.54, 1.807) is 16.7 Å². The first-order valence-electron chi connectivity index (χ1n) is 7.78. The van der Waals surface area contributed by atoms with Gasteiger partial charge in [-0.2, -0.15) is 0 Å². The third-order valence-corrected chi connectivity index (χ3v) is 4.79. The molecule has 0 bridgehead atoms. The van der Waals surface area contributed by atoms with Gasteiger partial charge in [0.1, 0.15) is 0 Å². The average molecular weight is 439 g/mol. The normalized spacial score (nSPS) is 18.8. The molecule has 2 aromatic rings. The van der Waals surface area contributed by atoms with Gasteiger partial charge in [0.15, 0.2) is 0 Å². The number of benzene rings is 2. The maximum absolute atomic E-state index is 2.41. The Morgan fingerprint density at radius 1 is 0.905 bits per heavy atom. The fourth-order valence-electron chi connectivity index (χ4n) is 3.81.